The molecule has 0 bridgehead atoms. The van der Waals surface area contributed by atoms with Gasteiger partial charge in [0.1, 0.15) is 5.75 Å². The van der Waals surface area contributed by atoms with Crippen molar-refractivity contribution in [2.45, 2.75) is 0 Å². The van der Waals surface area contributed by atoms with Gasteiger partial charge in [0, 0.05) is 17.4 Å². The predicted octanol–water partition coefficient (Wildman–Crippen LogP) is 2.14. The molecular formula is C11H13BrINO3. The lowest BCUT2D eigenvalue weighted by molar-refractivity contribution is 0.0923. The average Bonchev–Trinajstić information content (AvgIpc) is 2.32. The van der Waals surface area contributed by atoms with E-state index in [2.05, 4.69) is 21.2 Å². The maximum atomic E-state index is 11.7. The molecule has 1 rings (SSSR count). The zero-order chi connectivity index (χ0) is 12.7. The van der Waals surface area contributed by atoms with E-state index in [1.165, 1.54) is 6.07 Å². The van der Waals surface area contributed by atoms with E-state index in [1.807, 2.05) is 22.6 Å². The summed E-state index contributed by atoms with van der Waals surface area (Å²) in [5.41, 5.74) is 0.448. The minimum absolute atomic E-state index is 0.119. The molecule has 0 heterocycles. The highest BCUT2D eigenvalue weighted by atomic mass is 127. The van der Waals surface area contributed by atoms with E-state index >= 15 is 0 Å². The number of carbonyl (C=O) groups is 1. The van der Waals surface area contributed by atoms with E-state index in [4.69, 9.17) is 4.74 Å². The highest BCUT2D eigenvalue weighted by molar-refractivity contribution is 14.1. The molecule has 0 aromatic heterocycles. The molecule has 1 aromatic rings. The first-order valence-electron chi connectivity index (χ1n) is 5.05. The van der Waals surface area contributed by atoms with Gasteiger partial charge in [-0.3, -0.25) is 4.79 Å². The lowest BCUT2D eigenvalue weighted by Gasteiger charge is -2.06. The fourth-order valence-electron chi connectivity index (χ4n) is 1.15. The Morgan fingerprint density at radius 2 is 2.24 bits per heavy atom. The van der Waals surface area contributed by atoms with Crippen molar-refractivity contribution in [1.29, 1.82) is 0 Å². The van der Waals surface area contributed by atoms with Gasteiger partial charge in [-0.15, -0.1) is 0 Å². The van der Waals surface area contributed by atoms with Gasteiger partial charge in [-0.05, 0) is 40.8 Å². The number of alkyl halides is 1. The van der Waals surface area contributed by atoms with Gasteiger partial charge in [0.15, 0.2) is 0 Å². The van der Waals surface area contributed by atoms with Crippen LogP contribution in [0.15, 0.2) is 18.2 Å². The number of nitrogens with one attached hydrogen (secondary N) is 1. The van der Waals surface area contributed by atoms with Crippen LogP contribution in [0.1, 0.15) is 10.4 Å². The Morgan fingerprint density at radius 1 is 1.47 bits per heavy atom. The lowest BCUT2D eigenvalue weighted by atomic mass is 10.2. The second-order valence-electron chi connectivity index (χ2n) is 3.22. The van der Waals surface area contributed by atoms with Crippen molar-refractivity contribution in [2.75, 3.05) is 25.1 Å². The van der Waals surface area contributed by atoms with Crippen LogP contribution >= 0.6 is 38.5 Å². The number of ether oxygens (including phenoxy) is 1. The second-order valence-corrected chi connectivity index (χ2v) is 5.18. The van der Waals surface area contributed by atoms with Gasteiger partial charge in [0.2, 0.25) is 0 Å². The summed E-state index contributed by atoms with van der Waals surface area (Å²) in [4.78, 5) is 11.7. The van der Waals surface area contributed by atoms with E-state index in [0.717, 1.165) is 8.90 Å². The van der Waals surface area contributed by atoms with Gasteiger partial charge in [-0.2, -0.15) is 0 Å². The van der Waals surface area contributed by atoms with Gasteiger partial charge in [-0.25, -0.2) is 0 Å². The normalized spacial score (nSPS) is 10.2. The summed E-state index contributed by atoms with van der Waals surface area (Å²) >= 11 is 5.24. The number of halogens is 2. The smallest absolute Gasteiger partial charge is 0.251 e. The minimum atomic E-state index is -0.209. The van der Waals surface area contributed by atoms with E-state index in [9.17, 15) is 9.90 Å². The Kier molecular flexibility index (Phi) is 6.83. The molecule has 0 unspecified atom stereocenters. The molecule has 0 aliphatic heterocycles. The molecule has 6 heteroatoms. The number of phenolic OH excluding ortho intramolecular Hbond substituents is 1. The third kappa shape index (κ3) is 5.22. The second kappa shape index (κ2) is 7.88. The van der Waals surface area contributed by atoms with Crippen LogP contribution in [-0.4, -0.2) is 36.1 Å². The van der Waals surface area contributed by atoms with E-state index < -0.39 is 0 Å². The van der Waals surface area contributed by atoms with Crippen LogP contribution in [0.5, 0.6) is 5.75 Å². The van der Waals surface area contributed by atoms with Crippen LogP contribution in [0.25, 0.3) is 0 Å². The molecule has 94 valence electrons. The summed E-state index contributed by atoms with van der Waals surface area (Å²) in [6.45, 7) is 1.56. The largest absolute Gasteiger partial charge is 0.507 e. The van der Waals surface area contributed by atoms with Crippen molar-refractivity contribution in [3.63, 3.8) is 0 Å². The first-order chi connectivity index (χ1) is 8.15. The van der Waals surface area contributed by atoms with Gasteiger partial charge in [0.05, 0.1) is 16.8 Å². The molecule has 2 N–H and O–H groups in total. The van der Waals surface area contributed by atoms with Crippen LogP contribution in [0.3, 0.4) is 0 Å². The Labute approximate surface area is 122 Å². The summed E-state index contributed by atoms with van der Waals surface area (Å²) in [7, 11) is 0. The van der Waals surface area contributed by atoms with Crippen molar-refractivity contribution < 1.29 is 14.6 Å². The minimum Gasteiger partial charge on any atom is -0.507 e. The quantitative estimate of drug-likeness (QED) is 0.426. The fourth-order valence-corrected chi connectivity index (χ4v) is 1.71. The average molecular weight is 414 g/mol. The highest BCUT2D eigenvalue weighted by Gasteiger charge is 2.07. The number of amides is 1. The van der Waals surface area contributed by atoms with E-state index in [0.29, 0.717) is 25.3 Å². The molecule has 0 fully saturated rings. The molecule has 1 aromatic carbocycles. The summed E-state index contributed by atoms with van der Waals surface area (Å²) in [6, 6.07) is 4.83. The molecular weight excluding hydrogens is 401 g/mol. The zero-order valence-electron chi connectivity index (χ0n) is 9.08. The summed E-state index contributed by atoms with van der Waals surface area (Å²) in [5, 5.41) is 13.0. The third-order valence-electron chi connectivity index (χ3n) is 1.96. The predicted molar refractivity (Wildman–Crippen MR) is 77.8 cm³/mol. The number of carbonyl (C=O) groups excluding carboxylic acids is 1. The third-order valence-corrected chi connectivity index (χ3v) is 3.20. The summed E-state index contributed by atoms with van der Waals surface area (Å²) < 4.78 is 5.92. The van der Waals surface area contributed by atoms with Crippen LogP contribution in [0.2, 0.25) is 0 Å². The Hall–Kier alpha value is -0.340. The number of phenols is 1. The SMILES string of the molecule is O=C(NCCOCCBr)c1ccc(I)c(O)c1. The number of rotatable bonds is 6. The molecule has 1 amide bonds. The van der Waals surface area contributed by atoms with Gasteiger partial charge in [-0.1, -0.05) is 15.9 Å². The van der Waals surface area contributed by atoms with Crippen LogP contribution in [0.4, 0.5) is 0 Å². The Balaban J connectivity index is 2.39. The van der Waals surface area contributed by atoms with Gasteiger partial charge < -0.3 is 15.2 Å². The van der Waals surface area contributed by atoms with E-state index in [-0.39, 0.29) is 11.7 Å². The molecule has 17 heavy (non-hydrogen) atoms. The number of hydrogen-bond donors (Lipinski definition) is 2. The zero-order valence-corrected chi connectivity index (χ0v) is 12.8. The van der Waals surface area contributed by atoms with Crippen molar-refractivity contribution in [3.8, 4) is 5.75 Å². The van der Waals surface area contributed by atoms with Crippen molar-refractivity contribution >= 4 is 44.4 Å². The Bertz CT molecular complexity index is 387. The van der Waals surface area contributed by atoms with Crippen LogP contribution in [0, 0.1) is 3.57 Å². The summed E-state index contributed by atoms with van der Waals surface area (Å²) in [6.07, 6.45) is 0. The molecule has 0 saturated carbocycles. The van der Waals surface area contributed by atoms with Crippen molar-refractivity contribution in [2.24, 2.45) is 0 Å². The standard InChI is InChI=1S/C11H13BrINO3/c12-3-5-17-6-4-14-11(16)8-1-2-9(13)10(15)7-8/h1-2,7,15H,3-6H2,(H,14,16). The fraction of sp³-hybridized carbons (Fsp3) is 0.364. The number of hydrogen-bond acceptors (Lipinski definition) is 3. The molecule has 0 spiro atoms. The molecule has 0 aliphatic carbocycles. The van der Waals surface area contributed by atoms with Crippen molar-refractivity contribution in [3.05, 3.63) is 27.3 Å². The van der Waals surface area contributed by atoms with Crippen LogP contribution < -0.4 is 5.32 Å². The number of aromatic hydroxyl groups is 1. The molecule has 4 nitrogen and oxygen atoms in total. The first kappa shape index (κ1) is 14.7. The molecule has 0 aliphatic rings. The molecule has 0 atom stereocenters. The summed E-state index contributed by atoms with van der Waals surface area (Å²) in [5.74, 6) is -0.0899. The molecule has 0 radical (unpaired) electrons. The van der Waals surface area contributed by atoms with Gasteiger partial charge >= 0.3 is 0 Å². The van der Waals surface area contributed by atoms with E-state index in [1.54, 1.807) is 12.1 Å². The number of benzene rings is 1. The lowest BCUT2D eigenvalue weighted by Crippen LogP contribution is -2.27. The van der Waals surface area contributed by atoms with Crippen molar-refractivity contribution in [1.82, 2.24) is 5.32 Å². The highest BCUT2D eigenvalue weighted by Crippen LogP contribution is 2.20. The van der Waals surface area contributed by atoms with Crippen LogP contribution in [-0.2, 0) is 4.74 Å². The first-order valence-corrected chi connectivity index (χ1v) is 7.25. The monoisotopic (exact) mass is 413 g/mol. The van der Waals surface area contributed by atoms with Gasteiger partial charge in [0.25, 0.3) is 5.91 Å². The Morgan fingerprint density at radius 3 is 2.88 bits per heavy atom. The molecule has 0 saturated heterocycles. The maximum absolute atomic E-state index is 11.7. The maximum Gasteiger partial charge on any atom is 0.251 e. The topological polar surface area (TPSA) is 58.6 Å².